The molecule has 10 nitrogen and oxygen atoms in total. The topological polar surface area (TPSA) is 134 Å². The second-order valence-electron chi connectivity index (χ2n) is 7.70. The number of nitrogens with zero attached hydrogens (tertiary/aromatic N) is 4. The zero-order chi connectivity index (χ0) is 23.1. The molecule has 0 spiro atoms. The molecule has 11 heteroatoms. The molecule has 3 rings (SSSR count). The number of nitrogens with one attached hydrogen (secondary N) is 1. The monoisotopic (exact) mass is 446 g/mol. The van der Waals surface area contributed by atoms with Gasteiger partial charge in [0, 0.05) is 6.42 Å². The van der Waals surface area contributed by atoms with Gasteiger partial charge in [0.25, 0.3) is 0 Å². The number of hydrogen-bond donors (Lipinski definition) is 2. The lowest BCUT2D eigenvalue weighted by Crippen LogP contribution is -2.37. The Hall–Kier alpha value is -3.26. The normalized spacial score (nSPS) is 20.2. The highest BCUT2D eigenvalue weighted by molar-refractivity contribution is 5.82. The minimum Gasteiger partial charge on any atom is -0.460 e. The second-order valence-corrected chi connectivity index (χ2v) is 7.70. The molecule has 2 atom stereocenters. The van der Waals surface area contributed by atoms with Crippen LogP contribution in [0.4, 0.5) is 10.2 Å². The lowest BCUT2D eigenvalue weighted by Gasteiger charge is -2.23. The van der Waals surface area contributed by atoms with E-state index in [-0.39, 0.29) is 36.0 Å². The van der Waals surface area contributed by atoms with Crippen molar-refractivity contribution >= 4 is 28.9 Å². The molecule has 0 radical (unpaired) electrons. The van der Waals surface area contributed by atoms with Gasteiger partial charge >= 0.3 is 12.0 Å². The van der Waals surface area contributed by atoms with Crippen molar-refractivity contribution in [3.8, 4) is 12.3 Å². The molecule has 172 valence electrons. The molecule has 3 heterocycles. The molecule has 0 bridgehead atoms. The van der Waals surface area contributed by atoms with E-state index in [2.05, 4.69) is 33.1 Å². The second kappa shape index (κ2) is 10.4. The molecule has 3 N–H and O–H groups in total. The van der Waals surface area contributed by atoms with Crippen LogP contribution in [0.5, 0.6) is 0 Å². The van der Waals surface area contributed by atoms with E-state index in [1.165, 1.54) is 10.9 Å². The number of amides is 1. The Kier molecular flexibility index (Phi) is 7.58. The summed E-state index contributed by atoms with van der Waals surface area (Å²) in [4.78, 5) is 35.2. The van der Waals surface area contributed by atoms with Gasteiger partial charge < -0.3 is 20.5 Å². The van der Waals surface area contributed by atoms with Gasteiger partial charge in [-0.1, -0.05) is 32.1 Å². The first-order valence-electron chi connectivity index (χ1n) is 10.6. The summed E-state index contributed by atoms with van der Waals surface area (Å²) in [7, 11) is 0. The van der Waals surface area contributed by atoms with Crippen LogP contribution in [0.1, 0.15) is 58.1 Å². The van der Waals surface area contributed by atoms with Gasteiger partial charge in [0.15, 0.2) is 22.6 Å². The zero-order valence-electron chi connectivity index (χ0n) is 18.0. The molecular formula is C21H27FN6O4. The van der Waals surface area contributed by atoms with Crippen LogP contribution in [0.25, 0.3) is 11.2 Å². The maximum Gasteiger partial charge on any atom is 0.325 e. The number of rotatable bonds is 10. The van der Waals surface area contributed by atoms with Crippen LogP contribution in [0.15, 0.2) is 6.33 Å². The van der Waals surface area contributed by atoms with Crippen molar-refractivity contribution in [3.63, 3.8) is 0 Å². The number of carbonyl (C=O) groups is 2. The van der Waals surface area contributed by atoms with E-state index in [0.29, 0.717) is 19.3 Å². The van der Waals surface area contributed by atoms with Crippen molar-refractivity contribution in [2.24, 2.45) is 0 Å². The third-order valence-electron chi connectivity index (χ3n) is 5.30. The number of fused-ring (bicyclic) bond motifs is 1. The van der Waals surface area contributed by atoms with E-state index in [4.69, 9.17) is 21.6 Å². The molecule has 2 aromatic rings. The van der Waals surface area contributed by atoms with Crippen molar-refractivity contribution in [2.75, 3.05) is 18.9 Å². The molecular weight excluding hydrogens is 419 g/mol. The molecule has 2 unspecified atom stereocenters. The van der Waals surface area contributed by atoms with Crippen molar-refractivity contribution in [1.82, 2.24) is 24.8 Å². The number of terminal acetylenes is 1. The van der Waals surface area contributed by atoms with E-state index >= 15 is 0 Å². The van der Waals surface area contributed by atoms with E-state index in [1.54, 1.807) is 0 Å². The number of unbranched alkanes of at least 4 members (excludes halogenated alkanes) is 3. The van der Waals surface area contributed by atoms with Crippen molar-refractivity contribution in [1.29, 1.82) is 0 Å². The summed E-state index contributed by atoms with van der Waals surface area (Å²) < 4.78 is 26.4. The van der Waals surface area contributed by atoms with E-state index in [1.807, 2.05) is 0 Å². The third-order valence-corrected chi connectivity index (χ3v) is 5.30. The van der Waals surface area contributed by atoms with E-state index < -0.39 is 23.9 Å². The standard InChI is InChI=1S/C21H27FN6O4/c1-3-5-6-7-8-14(29)24-11-16(30)31-12-21(4-2)10-9-15(32-21)28-13-25-17-18(23)26-20(22)27-19(17)28/h2,13,15H,3,5-12H2,1H3,(H,24,29)(H2,23,26,27). The number of anilines is 1. The van der Waals surface area contributed by atoms with Gasteiger partial charge in [-0.05, 0) is 19.3 Å². The summed E-state index contributed by atoms with van der Waals surface area (Å²) in [6, 6.07) is 0. The highest BCUT2D eigenvalue weighted by atomic mass is 19.1. The number of nitrogen functional groups attached to an aromatic ring is 1. The Bertz CT molecular complexity index is 1020. The Balaban J connectivity index is 1.52. The van der Waals surface area contributed by atoms with Crippen molar-refractivity contribution in [3.05, 3.63) is 12.4 Å². The number of imidazole rings is 1. The summed E-state index contributed by atoms with van der Waals surface area (Å²) >= 11 is 0. The predicted octanol–water partition coefficient (Wildman–Crippen LogP) is 1.86. The first-order valence-corrected chi connectivity index (χ1v) is 10.6. The van der Waals surface area contributed by atoms with Gasteiger partial charge in [-0.2, -0.15) is 14.4 Å². The fraction of sp³-hybridized carbons (Fsp3) is 0.571. The van der Waals surface area contributed by atoms with Crippen LogP contribution in [0.3, 0.4) is 0 Å². The van der Waals surface area contributed by atoms with Crippen molar-refractivity contribution < 1.29 is 23.5 Å². The van der Waals surface area contributed by atoms with Crippen LogP contribution in [0, 0.1) is 18.4 Å². The lowest BCUT2D eigenvalue weighted by molar-refractivity contribution is -0.152. The molecule has 0 saturated carbocycles. The van der Waals surface area contributed by atoms with Crippen LogP contribution < -0.4 is 11.1 Å². The smallest absolute Gasteiger partial charge is 0.325 e. The average molecular weight is 446 g/mol. The SMILES string of the molecule is C#CC1(COC(=O)CNC(=O)CCCCCC)CCC(n2cnc3c(N)nc(F)nc32)O1. The minimum atomic E-state index is -1.15. The molecule has 1 fully saturated rings. The van der Waals surface area contributed by atoms with Gasteiger partial charge in [-0.3, -0.25) is 14.2 Å². The maximum atomic E-state index is 13.6. The average Bonchev–Trinajstić information content (AvgIpc) is 3.38. The van der Waals surface area contributed by atoms with Crippen molar-refractivity contribution in [2.45, 2.75) is 63.7 Å². The van der Waals surface area contributed by atoms with Crippen LogP contribution in [-0.4, -0.2) is 50.1 Å². The Labute approximate surface area is 185 Å². The largest absolute Gasteiger partial charge is 0.460 e. The first-order chi connectivity index (χ1) is 15.4. The Morgan fingerprint density at radius 3 is 3.00 bits per heavy atom. The summed E-state index contributed by atoms with van der Waals surface area (Å²) in [5, 5.41) is 2.55. The van der Waals surface area contributed by atoms with Crippen LogP contribution in [-0.2, 0) is 19.1 Å². The molecule has 1 amide bonds. The number of nitrogens with two attached hydrogens (primary N) is 1. The third kappa shape index (κ3) is 5.50. The summed E-state index contributed by atoms with van der Waals surface area (Å²) in [6.07, 6.45) is 10.7. The van der Waals surface area contributed by atoms with Gasteiger partial charge in [0.05, 0.1) is 6.33 Å². The Morgan fingerprint density at radius 1 is 1.44 bits per heavy atom. The molecule has 1 saturated heterocycles. The van der Waals surface area contributed by atoms with E-state index in [0.717, 1.165) is 25.7 Å². The minimum absolute atomic E-state index is 0.0752. The fourth-order valence-corrected chi connectivity index (χ4v) is 3.53. The first kappa shape index (κ1) is 23.4. The summed E-state index contributed by atoms with van der Waals surface area (Å²) in [6.45, 7) is 1.68. The van der Waals surface area contributed by atoms with Gasteiger partial charge in [-0.25, -0.2) is 4.98 Å². The predicted molar refractivity (Wildman–Crippen MR) is 113 cm³/mol. The summed E-state index contributed by atoms with van der Waals surface area (Å²) in [5.41, 5.74) is 4.98. The number of halogens is 1. The Morgan fingerprint density at radius 2 is 2.25 bits per heavy atom. The molecule has 0 aromatic carbocycles. The number of carbonyl (C=O) groups excluding carboxylic acids is 2. The van der Waals surface area contributed by atoms with Crippen LogP contribution >= 0.6 is 0 Å². The van der Waals surface area contributed by atoms with Gasteiger partial charge in [0.1, 0.15) is 19.4 Å². The van der Waals surface area contributed by atoms with Gasteiger partial charge in [0.2, 0.25) is 5.91 Å². The van der Waals surface area contributed by atoms with Crippen LogP contribution in [0.2, 0.25) is 0 Å². The molecule has 2 aromatic heterocycles. The quantitative estimate of drug-likeness (QED) is 0.244. The highest BCUT2D eigenvalue weighted by Crippen LogP contribution is 2.37. The number of aromatic nitrogens is 4. The summed E-state index contributed by atoms with van der Waals surface area (Å²) in [5.74, 6) is 1.67. The maximum absolute atomic E-state index is 13.6. The molecule has 0 aliphatic carbocycles. The van der Waals surface area contributed by atoms with E-state index in [9.17, 15) is 14.0 Å². The highest BCUT2D eigenvalue weighted by Gasteiger charge is 2.41. The lowest BCUT2D eigenvalue weighted by atomic mass is 10.0. The number of ether oxygens (including phenoxy) is 2. The number of hydrogen-bond acceptors (Lipinski definition) is 8. The molecule has 32 heavy (non-hydrogen) atoms. The molecule has 1 aliphatic rings. The molecule has 1 aliphatic heterocycles. The number of esters is 1. The van der Waals surface area contributed by atoms with Gasteiger partial charge in [-0.15, -0.1) is 6.42 Å². The fourth-order valence-electron chi connectivity index (χ4n) is 3.53. The zero-order valence-corrected chi connectivity index (χ0v) is 18.0.